The maximum atomic E-state index is 11.2. The molecule has 11 nitrogen and oxygen atoms in total. The van der Waals surface area contributed by atoms with Gasteiger partial charge in [-0.3, -0.25) is 10.1 Å². The van der Waals surface area contributed by atoms with Gasteiger partial charge >= 0.3 is 15.8 Å². The minimum absolute atomic E-state index is 0.163. The highest BCUT2D eigenvalue weighted by molar-refractivity contribution is 9.10. The van der Waals surface area contributed by atoms with Crippen molar-refractivity contribution in [3.05, 3.63) is 39.4 Å². The number of halogens is 1. The molecule has 3 aromatic rings. The van der Waals surface area contributed by atoms with E-state index in [1.54, 1.807) is 0 Å². The van der Waals surface area contributed by atoms with Crippen molar-refractivity contribution in [2.24, 2.45) is 0 Å². The van der Waals surface area contributed by atoms with Gasteiger partial charge < -0.3 is 4.18 Å². The first-order valence-corrected chi connectivity index (χ1v) is 8.48. The van der Waals surface area contributed by atoms with Crippen molar-refractivity contribution in [2.75, 3.05) is 6.26 Å². The van der Waals surface area contributed by atoms with Crippen LogP contribution in [0.15, 0.2) is 29.3 Å². The smallest absolute Gasteiger partial charge is 0.307 e. The van der Waals surface area contributed by atoms with Gasteiger partial charge in [0.25, 0.3) is 5.88 Å². The van der Waals surface area contributed by atoms with Crippen molar-refractivity contribution >= 4 is 37.4 Å². The molecule has 0 saturated heterocycles. The van der Waals surface area contributed by atoms with Gasteiger partial charge in [0.1, 0.15) is 22.6 Å². The van der Waals surface area contributed by atoms with Crippen LogP contribution in [0.25, 0.3) is 11.3 Å². The van der Waals surface area contributed by atoms with E-state index in [9.17, 15) is 18.5 Å². The van der Waals surface area contributed by atoms with E-state index >= 15 is 0 Å². The Balaban J connectivity index is 2.06. The fourth-order valence-electron chi connectivity index (χ4n) is 1.74. The summed E-state index contributed by atoms with van der Waals surface area (Å²) in [6.07, 6.45) is 6.09. The Kier molecular flexibility index (Phi) is 3.52. The molecule has 0 atom stereocenters. The summed E-state index contributed by atoms with van der Waals surface area (Å²) < 4.78 is 29.9. The van der Waals surface area contributed by atoms with Crippen LogP contribution in [0.5, 0.6) is 5.88 Å². The molecular weight excluding hydrogens is 396 g/mol. The lowest BCUT2D eigenvalue weighted by molar-refractivity contribution is -0.384. The summed E-state index contributed by atoms with van der Waals surface area (Å²) in [6.45, 7) is 0. The van der Waals surface area contributed by atoms with Gasteiger partial charge in [-0.15, -0.1) is 5.10 Å². The topological polar surface area (TPSA) is 135 Å². The Hall–Kier alpha value is -2.54. The van der Waals surface area contributed by atoms with Gasteiger partial charge in [0.15, 0.2) is 5.65 Å². The van der Waals surface area contributed by atoms with Crippen LogP contribution >= 0.6 is 15.9 Å². The van der Waals surface area contributed by atoms with Gasteiger partial charge in [-0.05, 0) is 15.9 Å². The summed E-state index contributed by atoms with van der Waals surface area (Å²) in [7, 11) is -3.74. The summed E-state index contributed by atoms with van der Waals surface area (Å²) in [6, 6.07) is 0. The standard InChI is InChI=1S/C10H7BrN6O5S/c1-23(20,21)22-10-8(11)9-12-2-6(4-16(9)14-10)15-5-7(3-13-15)17(18)19/h2-5H,1H3. The highest BCUT2D eigenvalue weighted by atomic mass is 79.9. The van der Waals surface area contributed by atoms with E-state index in [0.29, 0.717) is 11.3 Å². The average Bonchev–Trinajstić information content (AvgIpc) is 3.03. The van der Waals surface area contributed by atoms with E-state index < -0.39 is 15.0 Å². The third-order valence-corrected chi connectivity index (χ3v) is 3.80. The summed E-state index contributed by atoms with van der Waals surface area (Å²) in [5, 5.41) is 18.5. The van der Waals surface area contributed by atoms with Crippen LogP contribution in [-0.2, 0) is 10.1 Å². The van der Waals surface area contributed by atoms with Crippen LogP contribution in [0, 0.1) is 10.1 Å². The Morgan fingerprint density at radius 1 is 1.35 bits per heavy atom. The largest absolute Gasteiger partial charge is 0.359 e. The molecule has 0 saturated carbocycles. The van der Waals surface area contributed by atoms with E-state index in [1.165, 1.54) is 27.8 Å². The molecule has 0 amide bonds. The van der Waals surface area contributed by atoms with Gasteiger partial charge in [0.2, 0.25) is 0 Å². The van der Waals surface area contributed by atoms with Crippen molar-refractivity contribution < 1.29 is 17.5 Å². The molecule has 0 spiro atoms. The first kappa shape index (κ1) is 15.4. The summed E-state index contributed by atoms with van der Waals surface area (Å²) >= 11 is 3.16. The second kappa shape index (κ2) is 5.27. The molecule has 0 aliphatic heterocycles. The van der Waals surface area contributed by atoms with Crippen molar-refractivity contribution in [1.29, 1.82) is 0 Å². The molecule has 0 aliphatic carbocycles. The third kappa shape index (κ3) is 3.00. The highest BCUT2D eigenvalue weighted by Crippen LogP contribution is 2.28. The zero-order valence-electron chi connectivity index (χ0n) is 11.3. The van der Waals surface area contributed by atoms with Gasteiger partial charge in [-0.1, -0.05) is 0 Å². The number of rotatable bonds is 4. The minimum atomic E-state index is -3.74. The second-order valence-electron chi connectivity index (χ2n) is 4.39. The molecule has 0 bridgehead atoms. The van der Waals surface area contributed by atoms with E-state index in [-0.39, 0.29) is 16.0 Å². The van der Waals surface area contributed by atoms with Crippen molar-refractivity contribution in [3.63, 3.8) is 0 Å². The first-order valence-electron chi connectivity index (χ1n) is 5.87. The Labute approximate surface area is 136 Å². The van der Waals surface area contributed by atoms with Gasteiger partial charge in [-0.2, -0.15) is 13.5 Å². The molecule has 0 unspecified atom stereocenters. The van der Waals surface area contributed by atoms with Crippen LogP contribution in [-0.4, -0.2) is 44.0 Å². The summed E-state index contributed by atoms with van der Waals surface area (Å²) in [5.74, 6) is -0.163. The van der Waals surface area contributed by atoms with Crippen LogP contribution in [0.3, 0.4) is 0 Å². The van der Waals surface area contributed by atoms with Crippen LogP contribution in [0.2, 0.25) is 0 Å². The zero-order valence-corrected chi connectivity index (χ0v) is 13.7. The lowest BCUT2D eigenvalue weighted by Crippen LogP contribution is -2.06. The Morgan fingerprint density at radius 2 is 2.09 bits per heavy atom. The highest BCUT2D eigenvalue weighted by Gasteiger charge is 2.18. The van der Waals surface area contributed by atoms with Crippen molar-refractivity contribution in [3.8, 4) is 11.6 Å². The molecular formula is C10H7BrN6O5S. The fourth-order valence-corrected chi connectivity index (χ4v) is 2.70. The SMILES string of the molecule is CS(=O)(=O)Oc1nn2cc(-n3cc([N+](=O)[O-])cn3)cnc2c1Br. The maximum Gasteiger partial charge on any atom is 0.307 e. The molecule has 23 heavy (non-hydrogen) atoms. The normalized spacial score (nSPS) is 11.7. The molecule has 3 heterocycles. The monoisotopic (exact) mass is 402 g/mol. The molecule has 0 radical (unpaired) electrons. The van der Waals surface area contributed by atoms with Crippen molar-refractivity contribution in [2.45, 2.75) is 0 Å². The molecule has 13 heteroatoms. The molecule has 120 valence electrons. The molecule has 0 aliphatic rings. The number of fused-ring (bicyclic) bond motifs is 1. The lowest BCUT2D eigenvalue weighted by atomic mass is 10.5. The Bertz CT molecular complexity index is 1030. The predicted octanol–water partition coefficient (Wildman–Crippen LogP) is 0.924. The fraction of sp³-hybridized carbons (Fsp3) is 0.100. The van der Waals surface area contributed by atoms with Gasteiger partial charge in [0.05, 0.1) is 23.6 Å². The third-order valence-electron chi connectivity index (χ3n) is 2.65. The number of nitro groups is 1. The number of nitrogens with zero attached hydrogens (tertiary/aromatic N) is 6. The number of hydrogen-bond acceptors (Lipinski definition) is 8. The molecule has 0 aromatic carbocycles. The molecule has 0 N–H and O–H groups in total. The maximum absolute atomic E-state index is 11.2. The lowest BCUT2D eigenvalue weighted by Gasteiger charge is -2.00. The van der Waals surface area contributed by atoms with E-state index in [0.717, 1.165) is 12.5 Å². The summed E-state index contributed by atoms with van der Waals surface area (Å²) in [5.41, 5.74) is 0.536. The second-order valence-corrected chi connectivity index (χ2v) is 6.76. The summed E-state index contributed by atoms with van der Waals surface area (Å²) in [4.78, 5) is 14.2. The van der Waals surface area contributed by atoms with Crippen LogP contribution in [0.4, 0.5) is 5.69 Å². The van der Waals surface area contributed by atoms with Gasteiger partial charge in [0, 0.05) is 0 Å². The van der Waals surface area contributed by atoms with E-state index in [2.05, 4.69) is 31.1 Å². The van der Waals surface area contributed by atoms with Gasteiger partial charge in [-0.25, -0.2) is 14.2 Å². The van der Waals surface area contributed by atoms with Crippen LogP contribution < -0.4 is 4.18 Å². The molecule has 0 fully saturated rings. The zero-order chi connectivity index (χ0) is 16.8. The quantitative estimate of drug-likeness (QED) is 0.357. The molecule has 3 rings (SSSR count). The first-order chi connectivity index (χ1) is 10.7. The van der Waals surface area contributed by atoms with E-state index in [1.807, 2.05) is 0 Å². The minimum Gasteiger partial charge on any atom is -0.359 e. The van der Waals surface area contributed by atoms with Crippen LogP contribution in [0.1, 0.15) is 0 Å². The molecule has 3 aromatic heterocycles. The number of hydrogen-bond donors (Lipinski definition) is 0. The number of aromatic nitrogens is 5. The Morgan fingerprint density at radius 3 is 2.70 bits per heavy atom. The van der Waals surface area contributed by atoms with Crippen molar-refractivity contribution in [1.82, 2.24) is 24.4 Å². The predicted molar refractivity (Wildman–Crippen MR) is 79.9 cm³/mol. The van der Waals surface area contributed by atoms with E-state index in [4.69, 9.17) is 4.18 Å². The average molecular weight is 403 g/mol.